The molecule has 2 atom stereocenters. The maximum absolute atomic E-state index is 12.3. The minimum atomic E-state index is -1.06. The number of amides is 1. The van der Waals surface area contributed by atoms with Crippen LogP contribution in [-0.4, -0.2) is 29.6 Å². The fraction of sp³-hybridized carbons (Fsp3) is 0.429. The van der Waals surface area contributed by atoms with Crippen LogP contribution in [0, 0.1) is 5.92 Å². The molecule has 3 N–H and O–H groups in total. The molecule has 2 unspecified atom stereocenters. The molecule has 2 rings (SSSR count). The number of hydrogen-bond donors (Lipinski definition) is 3. The van der Waals surface area contributed by atoms with Crippen molar-refractivity contribution in [2.24, 2.45) is 5.92 Å². The van der Waals surface area contributed by atoms with Gasteiger partial charge in [-0.3, -0.25) is 4.79 Å². The molecule has 1 aliphatic rings. The first-order chi connectivity index (χ1) is 9.49. The first-order valence-corrected chi connectivity index (χ1v) is 7.34. The van der Waals surface area contributed by atoms with Gasteiger partial charge in [0.15, 0.2) is 0 Å². The van der Waals surface area contributed by atoms with E-state index in [1.807, 2.05) is 6.92 Å². The zero-order chi connectivity index (χ0) is 14.7. The molecule has 1 fully saturated rings. The monoisotopic (exact) mass is 340 g/mol. The van der Waals surface area contributed by atoms with Crippen LogP contribution in [0.5, 0.6) is 0 Å². The van der Waals surface area contributed by atoms with Gasteiger partial charge in [0.1, 0.15) is 0 Å². The van der Waals surface area contributed by atoms with Crippen molar-refractivity contribution in [3.8, 4) is 0 Å². The molecule has 108 valence electrons. The topological polar surface area (TPSA) is 78.4 Å². The summed E-state index contributed by atoms with van der Waals surface area (Å²) in [5.74, 6) is -1.26. The third-order valence-corrected chi connectivity index (χ3v) is 4.15. The van der Waals surface area contributed by atoms with Gasteiger partial charge in [0.05, 0.1) is 11.3 Å². The van der Waals surface area contributed by atoms with Crippen LogP contribution in [0.4, 0.5) is 5.69 Å². The number of halogens is 1. The first-order valence-electron chi connectivity index (χ1n) is 6.55. The fourth-order valence-electron chi connectivity index (χ4n) is 2.42. The number of anilines is 1. The predicted molar refractivity (Wildman–Crippen MR) is 79.9 cm³/mol. The number of aromatic carboxylic acids is 1. The van der Waals surface area contributed by atoms with Gasteiger partial charge in [-0.2, -0.15) is 0 Å². The van der Waals surface area contributed by atoms with Crippen molar-refractivity contribution in [2.75, 3.05) is 11.9 Å². The molecule has 1 aromatic rings. The zero-order valence-electron chi connectivity index (χ0n) is 11.1. The lowest BCUT2D eigenvalue weighted by molar-refractivity contribution is -0.120. The number of carboxylic acid groups (broad SMARTS) is 1. The molecule has 0 aromatic heterocycles. The Balaban J connectivity index is 2.17. The highest BCUT2D eigenvalue weighted by atomic mass is 79.9. The van der Waals surface area contributed by atoms with Crippen molar-refractivity contribution >= 4 is 33.5 Å². The number of para-hydroxylation sites is 1. The molecule has 1 saturated heterocycles. The number of benzene rings is 1. The maximum atomic E-state index is 12.3. The second-order valence-corrected chi connectivity index (χ2v) is 5.89. The molecule has 1 aliphatic heterocycles. The van der Waals surface area contributed by atoms with Crippen LogP contribution in [-0.2, 0) is 4.79 Å². The largest absolute Gasteiger partial charge is 0.478 e. The molecule has 1 amide bonds. The van der Waals surface area contributed by atoms with Gasteiger partial charge in [-0.25, -0.2) is 4.79 Å². The number of hydrogen-bond acceptors (Lipinski definition) is 3. The minimum Gasteiger partial charge on any atom is -0.478 e. The summed E-state index contributed by atoms with van der Waals surface area (Å²) in [6.07, 6.45) is 1.53. The first kappa shape index (κ1) is 15.0. The highest BCUT2D eigenvalue weighted by Crippen LogP contribution is 2.28. The average molecular weight is 341 g/mol. The molecular formula is C14H17BrN2O3. The van der Waals surface area contributed by atoms with E-state index in [-0.39, 0.29) is 17.4 Å². The van der Waals surface area contributed by atoms with E-state index in [1.165, 1.54) is 6.07 Å². The van der Waals surface area contributed by atoms with Crippen LogP contribution >= 0.6 is 15.9 Å². The van der Waals surface area contributed by atoms with Crippen molar-refractivity contribution in [1.82, 2.24) is 5.32 Å². The van der Waals surface area contributed by atoms with Gasteiger partial charge >= 0.3 is 5.97 Å². The average Bonchev–Trinajstić information content (AvgIpc) is 2.40. The summed E-state index contributed by atoms with van der Waals surface area (Å²) in [6.45, 7) is 2.85. The summed E-state index contributed by atoms with van der Waals surface area (Å²) < 4.78 is 0.577. The molecule has 0 saturated carbocycles. The zero-order valence-corrected chi connectivity index (χ0v) is 12.7. The number of nitrogens with one attached hydrogen (secondary N) is 2. The Morgan fingerprint density at radius 1 is 1.45 bits per heavy atom. The Morgan fingerprint density at radius 2 is 2.20 bits per heavy atom. The third-order valence-electron chi connectivity index (χ3n) is 3.49. The molecule has 6 heteroatoms. The summed E-state index contributed by atoms with van der Waals surface area (Å²) in [5, 5.41) is 15.2. The van der Waals surface area contributed by atoms with Gasteiger partial charge in [-0.1, -0.05) is 6.07 Å². The predicted octanol–water partition coefficient (Wildman–Crippen LogP) is 2.47. The Labute approximate surface area is 125 Å². The van der Waals surface area contributed by atoms with Crippen molar-refractivity contribution in [1.29, 1.82) is 0 Å². The molecule has 1 heterocycles. The normalized spacial score (nSPS) is 22.3. The molecule has 0 spiro atoms. The van der Waals surface area contributed by atoms with Gasteiger partial charge in [0.25, 0.3) is 0 Å². The lowest BCUT2D eigenvalue weighted by Crippen LogP contribution is -2.40. The van der Waals surface area contributed by atoms with E-state index in [2.05, 4.69) is 26.6 Å². The summed E-state index contributed by atoms with van der Waals surface area (Å²) >= 11 is 3.29. The van der Waals surface area contributed by atoms with Crippen molar-refractivity contribution in [3.63, 3.8) is 0 Å². The lowest BCUT2D eigenvalue weighted by Gasteiger charge is -2.27. The summed E-state index contributed by atoms with van der Waals surface area (Å²) in [5.41, 5.74) is 0.422. The van der Waals surface area contributed by atoms with E-state index >= 15 is 0 Å². The molecule has 5 nitrogen and oxygen atoms in total. The SMILES string of the molecule is CC1CC(C(=O)Nc2c(Br)cccc2C(=O)O)CCN1. The second kappa shape index (κ2) is 6.37. The van der Waals surface area contributed by atoms with Crippen LogP contribution < -0.4 is 10.6 Å². The van der Waals surface area contributed by atoms with Crippen LogP contribution in [0.1, 0.15) is 30.1 Å². The van der Waals surface area contributed by atoms with E-state index in [9.17, 15) is 14.7 Å². The van der Waals surface area contributed by atoms with Gasteiger partial charge < -0.3 is 15.7 Å². The summed E-state index contributed by atoms with van der Waals surface area (Å²) in [7, 11) is 0. The number of carbonyl (C=O) groups is 2. The van der Waals surface area contributed by atoms with Gasteiger partial charge in [0.2, 0.25) is 5.91 Å². The quantitative estimate of drug-likeness (QED) is 0.789. The van der Waals surface area contributed by atoms with Crippen molar-refractivity contribution in [2.45, 2.75) is 25.8 Å². The van der Waals surface area contributed by atoms with E-state index in [4.69, 9.17) is 0 Å². The fourth-order valence-corrected chi connectivity index (χ4v) is 2.89. The smallest absolute Gasteiger partial charge is 0.337 e. The molecule has 0 aliphatic carbocycles. The number of carbonyl (C=O) groups excluding carboxylic acids is 1. The molecule has 0 radical (unpaired) electrons. The van der Waals surface area contributed by atoms with Crippen LogP contribution in [0.2, 0.25) is 0 Å². The summed E-state index contributed by atoms with van der Waals surface area (Å²) in [4.78, 5) is 23.5. The standard InChI is InChI=1S/C14H17BrN2O3/c1-8-7-9(5-6-16-8)13(18)17-12-10(14(19)20)3-2-4-11(12)15/h2-4,8-9,16H,5-7H2,1H3,(H,17,18)(H,19,20). The van der Waals surface area contributed by atoms with E-state index < -0.39 is 5.97 Å². The number of piperidine rings is 1. The highest BCUT2D eigenvalue weighted by Gasteiger charge is 2.26. The Kier molecular flexibility index (Phi) is 4.77. The van der Waals surface area contributed by atoms with E-state index in [1.54, 1.807) is 12.1 Å². The molecule has 0 bridgehead atoms. The van der Waals surface area contributed by atoms with Gasteiger partial charge in [-0.15, -0.1) is 0 Å². The number of rotatable bonds is 3. The molecular weight excluding hydrogens is 324 g/mol. The van der Waals surface area contributed by atoms with Gasteiger partial charge in [0, 0.05) is 16.4 Å². The minimum absolute atomic E-state index is 0.0833. The van der Waals surface area contributed by atoms with Crippen LogP contribution in [0.15, 0.2) is 22.7 Å². The second-order valence-electron chi connectivity index (χ2n) is 5.03. The van der Waals surface area contributed by atoms with E-state index in [0.717, 1.165) is 19.4 Å². The summed E-state index contributed by atoms with van der Waals surface area (Å²) in [6, 6.07) is 5.13. The van der Waals surface area contributed by atoms with Crippen molar-refractivity contribution < 1.29 is 14.7 Å². The van der Waals surface area contributed by atoms with Gasteiger partial charge in [-0.05, 0) is 54.4 Å². The van der Waals surface area contributed by atoms with Crippen LogP contribution in [0.3, 0.4) is 0 Å². The number of carboxylic acids is 1. The maximum Gasteiger partial charge on any atom is 0.337 e. The van der Waals surface area contributed by atoms with E-state index in [0.29, 0.717) is 16.2 Å². The lowest BCUT2D eigenvalue weighted by atomic mass is 9.92. The van der Waals surface area contributed by atoms with Crippen molar-refractivity contribution in [3.05, 3.63) is 28.2 Å². The molecule has 1 aromatic carbocycles. The molecule has 20 heavy (non-hydrogen) atoms. The Bertz CT molecular complexity index is 533. The Morgan fingerprint density at radius 3 is 2.85 bits per heavy atom. The Hall–Kier alpha value is -1.40. The highest BCUT2D eigenvalue weighted by molar-refractivity contribution is 9.10. The third kappa shape index (κ3) is 3.37. The van der Waals surface area contributed by atoms with Crippen LogP contribution in [0.25, 0.3) is 0 Å².